The van der Waals surface area contributed by atoms with Gasteiger partial charge in [-0.2, -0.15) is 10.4 Å². The number of benzene rings is 1. The number of aryl methyl sites for hydroxylation is 2. The summed E-state index contributed by atoms with van der Waals surface area (Å²) in [6.45, 7) is 1.91. The quantitative estimate of drug-likeness (QED) is 0.790. The first-order valence-electron chi connectivity index (χ1n) is 7.10. The zero-order chi connectivity index (χ0) is 17.3. The number of amides is 1. The van der Waals surface area contributed by atoms with Crippen LogP contribution in [0.15, 0.2) is 36.5 Å². The Kier molecular flexibility index (Phi) is 4.15. The van der Waals surface area contributed by atoms with Crippen LogP contribution in [0.3, 0.4) is 0 Å². The molecule has 1 N–H and O–H groups in total. The molecule has 1 amide bonds. The Bertz CT molecular complexity index is 967. The van der Waals surface area contributed by atoms with E-state index < -0.39 is 5.82 Å². The first-order chi connectivity index (χ1) is 11.5. The maximum atomic E-state index is 14.4. The van der Waals surface area contributed by atoms with Gasteiger partial charge in [0.15, 0.2) is 5.82 Å². The lowest BCUT2D eigenvalue weighted by molar-refractivity contribution is 0.103. The molecule has 120 valence electrons. The van der Waals surface area contributed by atoms with Crippen molar-refractivity contribution in [3.8, 4) is 17.2 Å². The number of hydrogen-bond donors (Lipinski definition) is 1. The number of rotatable bonds is 3. The zero-order valence-corrected chi connectivity index (χ0v) is 13.8. The maximum absolute atomic E-state index is 14.4. The van der Waals surface area contributed by atoms with Gasteiger partial charge in [-0.3, -0.25) is 9.48 Å². The second-order valence-electron chi connectivity index (χ2n) is 5.21. The molecule has 0 saturated carbocycles. The van der Waals surface area contributed by atoms with Crippen LogP contribution >= 0.6 is 11.3 Å². The van der Waals surface area contributed by atoms with Crippen molar-refractivity contribution in [2.75, 3.05) is 5.32 Å². The molecule has 24 heavy (non-hydrogen) atoms. The second-order valence-corrected chi connectivity index (χ2v) is 6.50. The van der Waals surface area contributed by atoms with Crippen molar-refractivity contribution in [3.63, 3.8) is 0 Å². The third kappa shape index (κ3) is 2.92. The van der Waals surface area contributed by atoms with Crippen LogP contribution in [-0.2, 0) is 7.05 Å². The Labute approximate surface area is 142 Å². The maximum Gasteiger partial charge on any atom is 0.266 e. The Morgan fingerprint density at radius 1 is 1.33 bits per heavy atom. The smallest absolute Gasteiger partial charge is 0.266 e. The summed E-state index contributed by atoms with van der Waals surface area (Å²) in [5, 5.41) is 15.9. The number of thiophene rings is 1. The number of hydrogen-bond acceptors (Lipinski definition) is 4. The summed E-state index contributed by atoms with van der Waals surface area (Å²) in [5.41, 5.74) is 0.594. The molecule has 0 bridgehead atoms. The molecule has 0 radical (unpaired) electrons. The molecule has 0 spiro atoms. The second kappa shape index (κ2) is 6.26. The molecule has 5 nitrogen and oxygen atoms in total. The molecular weight excluding hydrogens is 327 g/mol. The molecule has 7 heteroatoms. The first kappa shape index (κ1) is 15.9. The SMILES string of the molecule is Cc1ccc(C(=O)Nc2nn(C)cc2-c2cccc(C#N)c2F)s1. The number of carbonyl (C=O) groups excluding carboxylic acids is 1. The van der Waals surface area contributed by atoms with E-state index in [0.29, 0.717) is 10.4 Å². The Balaban J connectivity index is 2.00. The number of nitrogens with zero attached hydrogens (tertiary/aromatic N) is 3. The van der Waals surface area contributed by atoms with Crippen LogP contribution in [0.5, 0.6) is 0 Å². The molecule has 0 fully saturated rings. The fraction of sp³-hybridized carbons (Fsp3) is 0.118. The minimum Gasteiger partial charge on any atom is -0.304 e. The average Bonchev–Trinajstić information content (AvgIpc) is 3.13. The normalized spacial score (nSPS) is 10.4. The highest BCUT2D eigenvalue weighted by Gasteiger charge is 2.19. The van der Waals surface area contributed by atoms with E-state index in [2.05, 4.69) is 10.4 Å². The minimum absolute atomic E-state index is 0.0532. The van der Waals surface area contributed by atoms with E-state index >= 15 is 0 Å². The number of nitrogens with one attached hydrogen (secondary N) is 1. The molecule has 3 rings (SSSR count). The molecular formula is C17H13FN4OS. The van der Waals surface area contributed by atoms with Crippen molar-refractivity contribution in [2.24, 2.45) is 7.05 Å². The van der Waals surface area contributed by atoms with Gasteiger partial charge in [-0.1, -0.05) is 12.1 Å². The van der Waals surface area contributed by atoms with Gasteiger partial charge >= 0.3 is 0 Å². The number of nitriles is 1. The third-order valence-electron chi connectivity index (χ3n) is 3.43. The van der Waals surface area contributed by atoms with Gasteiger partial charge < -0.3 is 5.32 Å². The molecule has 0 aliphatic rings. The lowest BCUT2D eigenvalue weighted by Crippen LogP contribution is -2.11. The summed E-state index contributed by atoms with van der Waals surface area (Å²) in [6, 6.07) is 9.95. The van der Waals surface area contributed by atoms with Crippen LogP contribution in [0, 0.1) is 24.1 Å². The fourth-order valence-electron chi connectivity index (χ4n) is 2.33. The van der Waals surface area contributed by atoms with Crippen molar-refractivity contribution in [1.29, 1.82) is 5.26 Å². The largest absolute Gasteiger partial charge is 0.304 e. The highest BCUT2D eigenvalue weighted by atomic mass is 32.1. The van der Waals surface area contributed by atoms with E-state index in [4.69, 9.17) is 5.26 Å². The summed E-state index contributed by atoms with van der Waals surface area (Å²) in [7, 11) is 1.68. The van der Waals surface area contributed by atoms with Gasteiger partial charge in [0.1, 0.15) is 11.9 Å². The van der Waals surface area contributed by atoms with E-state index in [-0.39, 0.29) is 22.9 Å². The van der Waals surface area contributed by atoms with E-state index in [1.165, 1.54) is 22.1 Å². The van der Waals surface area contributed by atoms with Gasteiger partial charge in [-0.25, -0.2) is 4.39 Å². The molecule has 1 aromatic carbocycles. The molecule has 3 aromatic rings. The molecule has 0 saturated heterocycles. The van der Waals surface area contributed by atoms with E-state index in [1.54, 1.807) is 31.4 Å². The monoisotopic (exact) mass is 340 g/mol. The van der Waals surface area contributed by atoms with Crippen LogP contribution in [0.1, 0.15) is 20.1 Å². The summed E-state index contributed by atoms with van der Waals surface area (Å²) in [4.78, 5) is 13.9. The summed E-state index contributed by atoms with van der Waals surface area (Å²) in [5.74, 6) is -0.678. The van der Waals surface area contributed by atoms with Crippen LogP contribution in [0.25, 0.3) is 11.1 Å². The number of halogens is 1. The Hall–Kier alpha value is -2.98. The fourth-order valence-corrected chi connectivity index (χ4v) is 3.09. The third-order valence-corrected chi connectivity index (χ3v) is 4.43. The Morgan fingerprint density at radius 3 is 2.79 bits per heavy atom. The van der Waals surface area contributed by atoms with Gasteiger partial charge in [0.2, 0.25) is 0 Å². The predicted octanol–water partition coefficient (Wildman–Crippen LogP) is 3.72. The van der Waals surface area contributed by atoms with E-state index in [1.807, 2.05) is 19.1 Å². The van der Waals surface area contributed by atoms with Gasteiger partial charge in [0.05, 0.1) is 10.4 Å². The van der Waals surface area contributed by atoms with Crippen molar-refractivity contribution < 1.29 is 9.18 Å². The molecule has 2 aromatic heterocycles. The van der Waals surface area contributed by atoms with Crippen LogP contribution in [0.2, 0.25) is 0 Å². The standard InChI is InChI=1S/C17H13FN4OS/c1-10-6-7-14(24-10)17(23)20-16-13(9-22(2)21-16)12-5-3-4-11(8-19)15(12)18/h3-7,9H,1-2H3,(H,20,21,23). The van der Waals surface area contributed by atoms with Gasteiger partial charge in [-0.15, -0.1) is 11.3 Å². The molecule has 2 heterocycles. The molecule has 0 atom stereocenters. The Morgan fingerprint density at radius 2 is 2.12 bits per heavy atom. The lowest BCUT2D eigenvalue weighted by Gasteiger charge is -2.06. The van der Waals surface area contributed by atoms with Gasteiger partial charge in [-0.05, 0) is 25.1 Å². The summed E-state index contributed by atoms with van der Waals surface area (Å²) < 4.78 is 15.9. The molecule has 0 aliphatic heterocycles. The predicted molar refractivity (Wildman–Crippen MR) is 90.3 cm³/mol. The van der Waals surface area contributed by atoms with Crippen molar-refractivity contribution in [1.82, 2.24) is 9.78 Å². The molecule has 0 aliphatic carbocycles. The van der Waals surface area contributed by atoms with E-state index in [9.17, 15) is 9.18 Å². The zero-order valence-electron chi connectivity index (χ0n) is 13.0. The average molecular weight is 340 g/mol. The first-order valence-corrected chi connectivity index (χ1v) is 7.91. The highest BCUT2D eigenvalue weighted by molar-refractivity contribution is 7.14. The van der Waals surface area contributed by atoms with Gasteiger partial charge in [0, 0.05) is 29.2 Å². The minimum atomic E-state index is -0.629. The van der Waals surface area contributed by atoms with E-state index in [0.717, 1.165) is 4.88 Å². The number of carbonyl (C=O) groups is 1. The van der Waals surface area contributed by atoms with Crippen molar-refractivity contribution in [2.45, 2.75) is 6.92 Å². The number of anilines is 1. The highest BCUT2D eigenvalue weighted by Crippen LogP contribution is 2.31. The van der Waals surface area contributed by atoms with Gasteiger partial charge in [0.25, 0.3) is 5.91 Å². The summed E-state index contributed by atoms with van der Waals surface area (Å²) in [6.07, 6.45) is 1.61. The molecule has 0 unspecified atom stereocenters. The number of aromatic nitrogens is 2. The van der Waals surface area contributed by atoms with Crippen molar-refractivity contribution in [3.05, 3.63) is 57.7 Å². The van der Waals surface area contributed by atoms with Crippen LogP contribution in [0.4, 0.5) is 10.2 Å². The topological polar surface area (TPSA) is 70.7 Å². The summed E-state index contributed by atoms with van der Waals surface area (Å²) >= 11 is 1.37. The van der Waals surface area contributed by atoms with Crippen LogP contribution < -0.4 is 5.32 Å². The van der Waals surface area contributed by atoms with Crippen molar-refractivity contribution >= 4 is 23.1 Å². The lowest BCUT2D eigenvalue weighted by atomic mass is 10.0. The van der Waals surface area contributed by atoms with Crippen LogP contribution in [-0.4, -0.2) is 15.7 Å².